The number of pyridine rings is 1. The van der Waals surface area contributed by atoms with Crippen LogP contribution in [0.2, 0.25) is 0 Å². The van der Waals surface area contributed by atoms with Crippen LogP contribution < -0.4 is 14.8 Å². The molecule has 1 amide bonds. The molecule has 3 aromatic rings. The Morgan fingerprint density at radius 3 is 2.61 bits per heavy atom. The first-order valence-corrected chi connectivity index (χ1v) is 9.84. The Bertz CT molecular complexity index is 981. The highest BCUT2D eigenvalue weighted by atomic mass is 32.1. The van der Waals surface area contributed by atoms with Crippen molar-refractivity contribution in [2.75, 3.05) is 19.5 Å². The Morgan fingerprint density at radius 1 is 1.14 bits per heavy atom. The summed E-state index contributed by atoms with van der Waals surface area (Å²) in [5.74, 6) is 1.58. The van der Waals surface area contributed by atoms with Crippen molar-refractivity contribution >= 4 is 22.4 Å². The second-order valence-corrected chi connectivity index (χ2v) is 7.88. The topological polar surface area (TPSA) is 73.3 Å². The molecule has 1 aliphatic carbocycles. The lowest BCUT2D eigenvalue weighted by Gasteiger charge is -2.15. The highest BCUT2D eigenvalue weighted by Gasteiger charge is 2.51. The second-order valence-electron chi connectivity index (χ2n) is 6.76. The number of rotatable bonds is 7. The predicted octanol–water partition coefficient (Wildman–Crippen LogP) is 3.82. The van der Waals surface area contributed by atoms with Crippen LogP contribution in [0.1, 0.15) is 28.8 Å². The number of hydrogen-bond acceptors (Lipinski definition) is 6. The SMILES string of the molecule is COc1ccc(C2(C(=O)Nc3ncc(Cc4cnccc4OC)s3)CC2)cc1. The Hall–Kier alpha value is -2.93. The summed E-state index contributed by atoms with van der Waals surface area (Å²) in [6.07, 6.45) is 7.63. The summed E-state index contributed by atoms with van der Waals surface area (Å²) in [6.45, 7) is 0. The first-order chi connectivity index (χ1) is 13.6. The summed E-state index contributed by atoms with van der Waals surface area (Å²) in [5, 5.41) is 3.61. The van der Waals surface area contributed by atoms with Gasteiger partial charge in [0.05, 0.1) is 19.6 Å². The zero-order valence-corrected chi connectivity index (χ0v) is 16.6. The molecule has 0 saturated heterocycles. The predicted molar refractivity (Wildman–Crippen MR) is 108 cm³/mol. The maximum atomic E-state index is 12.9. The first-order valence-electron chi connectivity index (χ1n) is 9.02. The fourth-order valence-corrected chi connectivity index (χ4v) is 4.11. The van der Waals surface area contributed by atoms with E-state index in [0.29, 0.717) is 11.6 Å². The average Bonchev–Trinajstić information content (AvgIpc) is 3.44. The van der Waals surface area contributed by atoms with Crippen molar-refractivity contribution in [2.45, 2.75) is 24.7 Å². The van der Waals surface area contributed by atoms with E-state index in [0.717, 1.165) is 40.3 Å². The number of anilines is 1. The number of ether oxygens (including phenoxy) is 2. The Labute approximate surface area is 167 Å². The van der Waals surface area contributed by atoms with Gasteiger partial charge in [0.2, 0.25) is 5.91 Å². The minimum absolute atomic E-state index is 0.00229. The van der Waals surface area contributed by atoms with Gasteiger partial charge in [-0.2, -0.15) is 0 Å². The fourth-order valence-electron chi connectivity index (χ4n) is 3.28. The molecule has 1 N–H and O–H groups in total. The molecule has 6 nitrogen and oxygen atoms in total. The number of thiazole rings is 1. The van der Waals surface area contributed by atoms with Gasteiger partial charge in [0.25, 0.3) is 0 Å². The van der Waals surface area contributed by atoms with Crippen molar-refractivity contribution in [3.05, 3.63) is 64.9 Å². The van der Waals surface area contributed by atoms with Gasteiger partial charge >= 0.3 is 0 Å². The van der Waals surface area contributed by atoms with E-state index < -0.39 is 5.41 Å². The lowest BCUT2D eigenvalue weighted by Crippen LogP contribution is -2.27. The Balaban J connectivity index is 1.45. The number of nitrogens with one attached hydrogen (secondary N) is 1. The van der Waals surface area contributed by atoms with E-state index in [9.17, 15) is 4.79 Å². The van der Waals surface area contributed by atoms with Crippen LogP contribution in [0.25, 0.3) is 0 Å². The van der Waals surface area contributed by atoms with E-state index >= 15 is 0 Å². The van der Waals surface area contributed by atoms with Crippen LogP contribution in [0.15, 0.2) is 48.9 Å². The Kier molecular flexibility index (Phi) is 5.00. The fraction of sp³-hybridized carbons (Fsp3) is 0.286. The van der Waals surface area contributed by atoms with Gasteiger partial charge in [-0.3, -0.25) is 9.78 Å². The van der Waals surface area contributed by atoms with Gasteiger partial charge in [0, 0.05) is 35.5 Å². The zero-order chi connectivity index (χ0) is 19.6. The number of carbonyl (C=O) groups is 1. The molecule has 2 aromatic heterocycles. The van der Waals surface area contributed by atoms with E-state index in [2.05, 4.69) is 15.3 Å². The molecule has 1 aromatic carbocycles. The van der Waals surface area contributed by atoms with Crippen molar-refractivity contribution < 1.29 is 14.3 Å². The molecule has 4 rings (SSSR count). The summed E-state index contributed by atoms with van der Waals surface area (Å²) in [4.78, 5) is 22.5. The first kappa shape index (κ1) is 18.4. The van der Waals surface area contributed by atoms with Crippen molar-refractivity contribution in [3.63, 3.8) is 0 Å². The molecular formula is C21H21N3O3S. The average molecular weight is 395 g/mol. The van der Waals surface area contributed by atoms with Gasteiger partial charge in [-0.1, -0.05) is 12.1 Å². The van der Waals surface area contributed by atoms with Crippen LogP contribution in [0.3, 0.4) is 0 Å². The van der Waals surface area contributed by atoms with Crippen molar-refractivity contribution in [1.29, 1.82) is 0 Å². The van der Waals surface area contributed by atoms with E-state index in [1.807, 2.05) is 30.3 Å². The van der Waals surface area contributed by atoms with Gasteiger partial charge in [0.1, 0.15) is 11.5 Å². The number of nitrogens with zero attached hydrogens (tertiary/aromatic N) is 2. The Morgan fingerprint density at radius 2 is 1.93 bits per heavy atom. The number of hydrogen-bond donors (Lipinski definition) is 1. The molecule has 0 unspecified atom stereocenters. The van der Waals surface area contributed by atoms with Crippen molar-refractivity contribution in [1.82, 2.24) is 9.97 Å². The minimum atomic E-state index is -0.454. The highest BCUT2D eigenvalue weighted by molar-refractivity contribution is 7.15. The van der Waals surface area contributed by atoms with E-state index in [1.54, 1.807) is 32.8 Å². The number of amides is 1. The molecule has 0 radical (unpaired) electrons. The van der Waals surface area contributed by atoms with Crippen LogP contribution in [0.4, 0.5) is 5.13 Å². The monoisotopic (exact) mass is 395 g/mol. The van der Waals surface area contributed by atoms with Crippen LogP contribution in [-0.4, -0.2) is 30.1 Å². The quantitative estimate of drug-likeness (QED) is 0.658. The summed E-state index contributed by atoms with van der Waals surface area (Å²) in [5.41, 5.74) is 1.55. The van der Waals surface area contributed by atoms with Gasteiger partial charge in [-0.25, -0.2) is 4.98 Å². The summed E-state index contributed by atoms with van der Waals surface area (Å²) in [6, 6.07) is 9.56. The third-order valence-corrected chi connectivity index (χ3v) is 5.96. The van der Waals surface area contributed by atoms with Gasteiger partial charge in [0.15, 0.2) is 5.13 Å². The summed E-state index contributed by atoms with van der Waals surface area (Å²) in [7, 11) is 3.28. The number of methoxy groups -OCH3 is 2. The molecule has 0 bridgehead atoms. The summed E-state index contributed by atoms with van der Waals surface area (Å²) >= 11 is 1.47. The third-order valence-electron chi connectivity index (χ3n) is 5.04. The second kappa shape index (κ2) is 7.59. The lowest BCUT2D eigenvalue weighted by molar-refractivity contribution is -0.118. The smallest absolute Gasteiger partial charge is 0.236 e. The van der Waals surface area contributed by atoms with Gasteiger partial charge in [-0.05, 0) is 36.6 Å². The largest absolute Gasteiger partial charge is 0.497 e. The maximum absolute atomic E-state index is 12.9. The zero-order valence-electron chi connectivity index (χ0n) is 15.8. The summed E-state index contributed by atoms with van der Waals surface area (Å²) < 4.78 is 10.6. The van der Waals surface area contributed by atoms with Crippen molar-refractivity contribution in [3.8, 4) is 11.5 Å². The molecule has 2 heterocycles. The third kappa shape index (κ3) is 3.57. The maximum Gasteiger partial charge on any atom is 0.236 e. The van der Waals surface area contributed by atoms with Crippen molar-refractivity contribution in [2.24, 2.45) is 0 Å². The molecule has 0 aliphatic heterocycles. The molecule has 0 spiro atoms. The van der Waals surface area contributed by atoms with Gasteiger partial charge < -0.3 is 14.8 Å². The standard InChI is InChI=1S/C21H21N3O3S/c1-26-16-5-3-15(4-6-16)21(8-9-21)19(25)24-20-23-13-17(28-20)11-14-12-22-10-7-18(14)27-2/h3-7,10,12-13H,8-9,11H2,1-2H3,(H,23,24,25). The lowest BCUT2D eigenvalue weighted by atomic mass is 9.95. The highest BCUT2D eigenvalue weighted by Crippen LogP contribution is 2.49. The molecule has 7 heteroatoms. The molecule has 144 valence electrons. The number of benzene rings is 1. The van der Waals surface area contributed by atoms with Crippen LogP contribution in [0, 0.1) is 0 Å². The normalized spacial score (nSPS) is 14.4. The number of carbonyl (C=O) groups excluding carboxylic acids is 1. The van der Waals surface area contributed by atoms with E-state index in [-0.39, 0.29) is 5.91 Å². The minimum Gasteiger partial charge on any atom is -0.497 e. The van der Waals surface area contributed by atoms with Crippen LogP contribution in [-0.2, 0) is 16.6 Å². The van der Waals surface area contributed by atoms with Gasteiger partial charge in [-0.15, -0.1) is 11.3 Å². The van der Waals surface area contributed by atoms with Crippen LogP contribution >= 0.6 is 11.3 Å². The van der Waals surface area contributed by atoms with Crippen LogP contribution in [0.5, 0.6) is 11.5 Å². The van der Waals surface area contributed by atoms with E-state index in [1.165, 1.54) is 11.3 Å². The van der Waals surface area contributed by atoms with E-state index in [4.69, 9.17) is 9.47 Å². The molecule has 1 saturated carbocycles. The molecule has 1 aliphatic rings. The molecule has 28 heavy (non-hydrogen) atoms. The molecule has 0 atom stereocenters. The molecular weight excluding hydrogens is 374 g/mol. The molecule has 1 fully saturated rings. The number of aromatic nitrogens is 2.